The van der Waals surface area contributed by atoms with Crippen molar-refractivity contribution < 1.29 is 23.4 Å². The quantitative estimate of drug-likeness (QED) is 0.233. The van der Waals surface area contributed by atoms with Crippen LogP contribution in [0.1, 0.15) is 58.2 Å². The molecule has 1 fully saturated rings. The molecule has 2 N–H and O–H groups in total. The Labute approximate surface area is 230 Å². The number of ether oxygens (including phenoxy) is 2. The van der Waals surface area contributed by atoms with Crippen LogP contribution in [0.15, 0.2) is 36.8 Å². The first-order valence-electron chi connectivity index (χ1n) is 12.2. The SMILES string of the molecule is CC(Oc1cc(-c2cnn(C3CCN(C(=O)OC(C)(C)C)CC3)c2)c[n+]([O-])c1N)c1c(Cl)ccc(F)c1Cl. The van der Waals surface area contributed by atoms with Crippen LogP contribution in [-0.2, 0) is 4.74 Å². The standard InChI is InChI=1S/C26H30Cl2FN5O4/c1-15(22-19(27)5-6-20(29)23(22)28)37-21-11-16(14-34(36)24(21)30)17-12-31-33(13-17)18-7-9-32(10-8-18)25(35)38-26(2,3)4/h5-6,11-15,18H,7-10,30H2,1-4H3. The van der Waals surface area contributed by atoms with Crippen molar-refractivity contribution in [3.05, 3.63) is 63.4 Å². The second kappa shape index (κ2) is 10.9. The van der Waals surface area contributed by atoms with E-state index < -0.39 is 17.5 Å². The van der Waals surface area contributed by atoms with Gasteiger partial charge in [0.2, 0.25) is 5.75 Å². The summed E-state index contributed by atoms with van der Waals surface area (Å²) >= 11 is 12.3. The maximum Gasteiger partial charge on any atom is 0.410 e. The Kier molecular flexibility index (Phi) is 7.94. The molecule has 0 bridgehead atoms. The summed E-state index contributed by atoms with van der Waals surface area (Å²) in [5, 5.41) is 17.1. The number of rotatable bonds is 5. The smallest absolute Gasteiger partial charge is 0.410 e. The third kappa shape index (κ3) is 6.07. The molecule has 1 saturated heterocycles. The van der Waals surface area contributed by atoms with E-state index in [1.165, 1.54) is 18.3 Å². The molecular formula is C26H30Cl2FN5O4. The predicted molar refractivity (Wildman–Crippen MR) is 143 cm³/mol. The summed E-state index contributed by atoms with van der Waals surface area (Å²) in [5.74, 6) is -0.697. The molecule has 1 aliphatic rings. The first-order valence-corrected chi connectivity index (χ1v) is 12.9. The van der Waals surface area contributed by atoms with E-state index in [0.717, 1.165) is 0 Å². The molecule has 1 aliphatic heterocycles. The van der Waals surface area contributed by atoms with Gasteiger partial charge in [-0.25, -0.2) is 13.9 Å². The molecular weight excluding hydrogens is 536 g/mol. The minimum absolute atomic E-state index is 0.0867. The number of hydrogen-bond donors (Lipinski definition) is 1. The molecule has 0 radical (unpaired) electrons. The molecule has 0 aliphatic carbocycles. The normalized spacial score (nSPS) is 15.4. The van der Waals surface area contributed by atoms with Gasteiger partial charge in [-0.3, -0.25) is 10.4 Å². The molecule has 3 heterocycles. The van der Waals surface area contributed by atoms with Gasteiger partial charge in [-0.2, -0.15) is 5.10 Å². The van der Waals surface area contributed by atoms with Gasteiger partial charge in [-0.1, -0.05) is 23.2 Å². The fourth-order valence-electron chi connectivity index (χ4n) is 4.30. The van der Waals surface area contributed by atoms with Gasteiger partial charge >= 0.3 is 11.9 Å². The molecule has 1 atom stereocenters. The van der Waals surface area contributed by atoms with E-state index in [-0.39, 0.29) is 39.3 Å². The van der Waals surface area contributed by atoms with Gasteiger partial charge in [-0.05, 0) is 52.7 Å². The number of likely N-dealkylation sites (tertiary alicyclic amines) is 1. The first kappa shape index (κ1) is 27.8. The Bertz CT molecular complexity index is 1340. The fraction of sp³-hybridized carbons (Fsp3) is 0.423. The van der Waals surface area contributed by atoms with Crippen molar-refractivity contribution in [1.29, 1.82) is 0 Å². The van der Waals surface area contributed by atoms with E-state index >= 15 is 0 Å². The highest BCUT2D eigenvalue weighted by atomic mass is 35.5. The molecule has 1 unspecified atom stereocenters. The molecule has 204 valence electrons. The summed E-state index contributed by atoms with van der Waals surface area (Å²) in [4.78, 5) is 14.1. The Morgan fingerprint density at radius 1 is 1.26 bits per heavy atom. The van der Waals surface area contributed by atoms with Crippen LogP contribution in [0.5, 0.6) is 5.75 Å². The predicted octanol–water partition coefficient (Wildman–Crippen LogP) is 5.92. The van der Waals surface area contributed by atoms with Gasteiger partial charge in [0.1, 0.15) is 23.7 Å². The third-order valence-corrected chi connectivity index (χ3v) is 6.96. The van der Waals surface area contributed by atoms with Gasteiger partial charge in [-0.15, -0.1) is 0 Å². The van der Waals surface area contributed by atoms with Gasteiger partial charge < -0.3 is 19.6 Å². The largest absolute Gasteiger partial charge is 0.710 e. The van der Waals surface area contributed by atoms with Crippen molar-refractivity contribution in [1.82, 2.24) is 14.7 Å². The van der Waals surface area contributed by atoms with Crippen LogP contribution in [0.3, 0.4) is 0 Å². The lowest BCUT2D eigenvalue weighted by Crippen LogP contribution is -2.42. The molecule has 0 spiro atoms. The first-order chi connectivity index (χ1) is 17.8. The van der Waals surface area contributed by atoms with Gasteiger partial charge in [0.15, 0.2) is 0 Å². The van der Waals surface area contributed by atoms with E-state index in [1.807, 2.05) is 31.6 Å². The molecule has 9 nitrogen and oxygen atoms in total. The third-order valence-electron chi connectivity index (χ3n) is 6.25. The highest BCUT2D eigenvalue weighted by Crippen LogP contribution is 2.37. The minimum atomic E-state index is -0.791. The van der Waals surface area contributed by atoms with Crippen LogP contribution in [0.4, 0.5) is 15.0 Å². The number of nitrogens with zero attached hydrogens (tertiary/aromatic N) is 4. The fourth-order valence-corrected chi connectivity index (χ4v) is 4.98. The second-order valence-electron chi connectivity index (χ2n) is 10.2. The number of piperidine rings is 1. The van der Waals surface area contributed by atoms with E-state index in [1.54, 1.807) is 24.1 Å². The van der Waals surface area contributed by atoms with Crippen molar-refractivity contribution in [2.24, 2.45) is 0 Å². The molecule has 0 saturated carbocycles. The average Bonchev–Trinajstić information content (AvgIpc) is 3.34. The highest BCUT2D eigenvalue weighted by Gasteiger charge is 2.28. The number of nitrogens with two attached hydrogens (primary N) is 1. The molecule has 38 heavy (non-hydrogen) atoms. The number of benzene rings is 1. The molecule has 3 aromatic rings. The molecule has 2 aromatic heterocycles. The summed E-state index contributed by atoms with van der Waals surface area (Å²) in [6.07, 6.45) is 5.14. The number of nitrogen functional groups attached to an aromatic ring is 1. The van der Waals surface area contributed by atoms with E-state index in [2.05, 4.69) is 5.10 Å². The van der Waals surface area contributed by atoms with Crippen LogP contribution in [0.2, 0.25) is 10.0 Å². The van der Waals surface area contributed by atoms with Crippen molar-refractivity contribution >= 4 is 35.1 Å². The van der Waals surface area contributed by atoms with E-state index in [0.29, 0.717) is 41.8 Å². The van der Waals surface area contributed by atoms with Crippen LogP contribution >= 0.6 is 23.2 Å². The number of halogens is 3. The zero-order valence-electron chi connectivity index (χ0n) is 21.6. The minimum Gasteiger partial charge on any atom is -0.710 e. The van der Waals surface area contributed by atoms with Crippen LogP contribution in [-0.4, -0.2) is 39.5 Å². The summed E-state index contributed by atoms with van der Waals surface area (Å²) in [6, 6.07) is 4.26. The van der Waals surface area contributed by atoms with Crippen molar-refractivity contribution in [3.8, 4) is 16.9 Å². The topological polar surface area (TPSA) is 110 Å². The van der Waals surface area contributed by atoms with Crippen LogP contribution < -0.4 is 15.2 Å². The number of carbonyl (C=O) groups is 1. The number of hydrogen-bond acceptors (Lipinski definition) is 6. The Morgan fingerprint density at radius 2 is 1.95 bits per heavy atom. The number of carbonyl (C=O) groups excluding carboxylic acids is 1. The van der Waals surface area contributed by atoms with Crippen LogP contribution in [0, 0.1) is 11.0 Å². The number of aromatic nitrogens is 3. The zero-order chi connectivity index (χ0) is 27.8. The lowest BCUT2D eigenvalue weighted by molar-refractivity contribution is -0.589. The highest BCUT2D eigenvalue weighted by molar-refractivity contribution is 6.36. The summed E-state index contributed by atoms with van der Waals surface area (Å²) in [7, 11) is 0. The van der Waals surface area contributed by atoms with Crippen molar-refractivity contribution in [3.63, 3.8) is 0 Å². The lowest BCUT2D eigenvalue weighted by Gasteiger charge is -2.33. The van der Waals surface area contributed by atoms with Crippen LogP contribution in [0.25, 0.3) is 11.1 Å². The zero-order valence-corrected chi connectivity index (χ0v) is 23.1. The van der Waals surface area contributed by atoms with Crippen molar-refractivity contribution in [2.45, 2.75) is 58.3 Å². The second-order valence-corrected chi connectivity index (χ2v) is 11.0. The molecule has 12 heteroatoms. The van der Waals surface area contributed by atoms with Crippen molar-refractivity contribution in [2.75, 3.05) is 18.8 Å². The van der Waals surface area contributed by atoms with E-state index in [4.69, 9.17) is 38.4 Å². The Hall–Kier alpha value is -3.24. The summed E-state index contributed by atoms with van der Waals surface area (Å²) < 4.78 is 27.7. The lowest BCUT2D eigenvalue weighted by atomic mass is 10.1. The molecule has 4 rings (SSSR count). The van der Waals surface area contributed by atoms with Gasteiger partial charge in [0.25, 0.3) is 0 Å². The Morgan fingerprint density at radius 3 is 2.61 bits per heavy atom. The number of anilines is 1. The number of pyridine rings is 1. The summed E-state index contributed by atoms with van der Waals surface area (Å²) in [6.45, 7) is 8.27. The number of amides is 1. The Balaban J connectivity index is 1.50. The maximum atomic E-state index is 14.0. The van der Waals surface area contributed by atoms with Gasteiger partial charge in [0.05, 0.1) is 17.3 Å². The van der Waals surface area contributed by atoms with Gasteiger partial charge in [0, 0.05) is 47.1 Å². The summed E-state index contributed by atoms with van der Waals surface area (Å²) in [5.41, 5.74) is 6.91. The maximum absolute atomic E-state index is 14.0. The molecule has 1 aromatic carbocycles. The molecule has 1 amide bonds. The monoisotopic (exact) mass is 565 g/mol. The average molecular weight is 566 g/mol. The van der Waals surface area contributed by atoms with E-state index in [9.17, 15) is 14.4 Å².